The Hall–Kier alpha value is -3.42. The lowest BCUT2D eigenvalue weighted by Crippen LogP contribution is -2.25. The Morgan fingerprint density at radius 1 is 1.11 bits per heavy atom. The zero-order valence-corrected chi connectivity index (χ0v) is 16.3. The minimum Gasteiger partial charge on any atom is -0.476 e. The maximum absolute atomic E-state index is 12.6. The molecule has 2 heterocycles. The second kappa shape index (κ2) is 7.67. The van der Waals surface area contributed by atoms with Crippen molar-refractivity contribution in [2.75, 3.05) is 5.32 Å². The molecule has 28 heavy (non-hydrogen) atoms. The van der Waals surface area contributed by atoms with Crippen molar-refractivity contribution in [3.63, 3.8) is 0 Å². The molecule has 0 aliphatic heterocycles. The number of carbonyl (C=O) groups excluding carboxylic acids is 1. The summed E-state index contributed by atoms with van der Waals surface area (Å²) < 4.78 is 3.19. The number of carbonyl (C=O) groups is 2. The van der Waals surface area contributed by atoms with Crippen molar-refractivity contribution in [3.05, 3.63) is 64.7 Å². The molecule has 1 aromatic carbocycles. The monoisotopic (exact) mass is 381 g/mol. The maximum atomic E-state index is 12.6. The molecule has 0 bridgehead atoms. The van der Waals surface area contributed by atoms with Gasteiger partial charge in [-0.3, -0.25) is 14.2 Å². The molecule has 1 amide bonds. The first-order valence-electron chi connectivity index (χ1n) is 8.95. The molecule has 0 saturated heterocycles. The quantitative estimate of drug-likeness (QED) is 0.683. The highest BCUT2D eigenvalue weighted by Gasteiger charge is 2.21. The van der Waals surface area contributed by atoms with Gasteiger partial charge in [-0.2, -0.15) is 10.2 Å². The van der Waals surface area contributed by atoms with Crippen LogP contribution in [-0.2, 0) is 11.3 Å². The van der Waals surface area contributed by atoms with E-state index in [1.54, 1.807) is 6.92 Å². The minimum absolute atomic E-state index is 0.0991. The molecule has 0 fully saturated rings. The van der Waals surface area contributed by atoms with Gasteiger partial charge < -0.3 is 10.4 Å². The summed E-state index contributed by atoms with van der Waals surface area (Å²) in [6.45, 7) is 8.07. The smallest absolute Gasteiger partial charge is 0.356 e. The van der Waals surface area contributed by atoms with E-state index < -0.39 is 12.0 Å². The molecule has 0 aliphatic rings. The molecule has 0 aliphatic carbocycles. The zero-order valence-electron chi connectivity index (χ0n) is 16.3. The number of aromatic carboxylic acids is 1. The second-order valence-corrected chi connectivity index (χ2v) is 6.84. The summed E-state index contributed by atoms with van der Waals surface area (Å²) in [4.78, 5) is 23.6. The first-order chi connectivity index (χ1) is 13.3. The molecular weight excluding hydrogens is 358 g/mol. The van der Waals surface area contributed by atoms with Crippen LogP contribution in [0.3, 0.4) is 0 Å². The number of rotatable bonds is 6. The molecule has 0 saturated carbocycles. The van der Waals surface area contributed by atoms with Crippen LogP contribution in [0.1, 0.15) is 46.0 Å². The molecule has 2 N–H and O–H groups in total. The number of anilines is 1. The van der Waals surface area contributed by atoms with Gasteiger partial charge in [-0.1, -0.05) is 29.8 Å². The molecule has 1 atom stereocenters. The molecule has 8 nitrogen and oxygen atoms in total. The lowest BCUT2D eigenvalue weighted by atomic mass is 10.1. The largest absolute Gasteiger partial charge is 0.476 e. The van der Waals surface area contributed by atoms with E-state index in [4.69, 9.17) is 5.11 Å². The average Bonchev–Trinajstić information content (AvgIpc) is 3.24. The highest BCUT2D eigenvalue weighted by atomic mass is 16.4. The minimum atomic E-state index is -1.13. The van der Waals surface area contributed by atoms with E-state index in [0.29, 0.717) is 12.2 Å². The second-order valence-electron chi connectivity index (χ2n) is 6.84. The van der Waals surface area contributed by atoms with E-state index in [0.717, 1.165) is 17.0 Å². The van der Waals surface area contributed by atoms with Crippen LogP contribution < -0.4 is 5.32 Å². The standard InChI is InChI=1S/C20H23N5O3/c1-12-5-7-16(8-6-12)11-25-14(3)18(13(2)22-25)21-19(26)15(4)24-10-9-17(23-24)20(27)28/h5-10,15H,11H2,1-4H3,(H,21,26)(H,27,28). The first kappa shape index (κ1) is 19.3. The third-order valence-corrected chi connectivity index (χ3v) is 4.69. The SMILES string of the molecule is Cc1ccc(Cn2nc(C)c(NC(=O)C(C)n3ccc(C(=O)O)n3)c2C)cc1. The van der Waals surface area contributed by atoms with Crippen molar-refractivity contribution >= 4 is 17.6 Å². The number of aromatic nitrogens is 4. The highest BCUT2D eigenvalue weighted by Crippen LogP contribution is 2.22. The number of hydrogen-bond donors (Lipinski definition) is 2. The van der Waals surface area contributed by atoms with Gasteiger partial charge in [-0.05, 0) is 39.3 Å². The van der Waals surface area contributed by atoms with E-state index in [-0.39, 0.29) is 11.6 Å². The van der Waals surface area contributed by atoms with Crippen molar-refractivity contribution in [1.29, 1.82) is 0 Å². The van der Waals surface area contributed by atoms with Crippen LogP contribution in [0.5, 0.6) is 0 Å². The van der Waals surface area contributed by atoms with Crippen LogP contribution in [-0.4, -0.2) is 36.5 Å². The fraction of sp³-hybridized carbons (Fsp3) is 0.300. The van der Waals surface area contributed by atoms with Crippen LogP contribution >= 0.6 is 0 Å². The normalized spacial score (nSPS) is 12.0. The molecule has 3 aromatic rings. The molecule has 2 aromatic heterocycles. The third kappa shape index (κ3) is 3.95. The summed E-state index contributed by atoms with van der Waals surface area (Å²) in [6.07, 6.45) is 1.48. The molecule has 3 rings (SSSR count). The summed E-state index contributed by atoms with van der Waals surface area (Å²) in [5.74, 6) is -1.42. The first-order valence-corrected chi connectivity index (χ1v) is 8.95. The Labute approximate surface area is 162 Å². The van der Waals surface area contributed by atoms with E-state index >= 15 is 0 Å². The van der Waals surface area contributed by atoms with E-state index in [1.165, 1.54) is 22.5 Å². The van der Waals surface area contributed by atoms with Crippen molar-refractivity contribution in [1.82, 2.24) is 19.6 Å². The van der Waals surface area contributed by atoms with Crippen molar-refractivity contribution in [2.24, 2.45) is 0 Å². The topological polar surface area (TPSA) is 102 Å². The summed E-state index contributed by atoms with van der Waals surface area (Å²) in [5.41, 5.74) is 4.46. The Morgan fingerprint density at radius 2 is 1.79 bits per heavy atom. The van der Waals surface area contributed by atoms with Crippen LogP contribution in [0.2, 0.25) is 0 Å². The predicted molar refractivity (Wildman–Crippen MR) is 105 cm³/mol. The summed E-state index contributed by atoms with van der Waals surface area (Å²) in [7, 11) is 0. The lowest BCUT2D eigenvalue weighted by Gasteiger charge is -2.13. The number of nitrogens with one attached hydrogen (secondary N) is 1. The lowest BCUT2D eigenvalue weighted by molar-refractivity contribution is -0.119. The van der Waals surface area contributed by atoms with Gasteiger partial charge in [0.25, 0.3) is 0 Å². The number of nitrogens with zero attached hydrogens (tertiary/aromatic N) is 4. The third-order valence-electron chi connectivity index (χ3n) is 4.69. The number of aryl methyl sites for hydroxylation is 2. The van der Waals surface area contributed by atoms with Crippen LogP contribution in [0.4, 0.5) is 5.69 Å². The number of amides is 1. The molecule has 146 valence electrons. The van der Waals surface area contributed by atoms with Crippen molar-refractivity contribution in [3.8, 4) is 0 Å². The van der Waals surface area contributed by atoms with Gasteiger partial charge in [0.1, 0.15) is 6.04 Å². The fourth-order valence-corrected chi connectivity index (χ4v) is 2.91. The van der Waals surface area contributed by atoms with E-state index in [1.807, 2.05) is 25.5 Å². The highest BCUT2D eigenvalue weighted by molar-refractivity contribution is 5.94. The number of benzene rings is 1. The van der Waals surface area contributed by atoms with Crippen LogP contribution in [0.15, 0.2) is 36.5 Å². The van der Waals surface area contributed by atoms with Gasteiger partial charge in [0.15, 0.2) is 5.69 Å². The van der Waals surface area contributed by atoms with Crippen LogP contribution in [0, 0.1) is 20.8 Å². The van der Waals surface area contributed by atoms with Gasteiger partial charge in [0.05, 0.1) is 23.6 Å². The Kier molecular flexibility index (Phi) is 5.30. The fourth-order valence-electron chi connectivity index (χ4n) is 2.91. The number of hydrogen-bond acceptors (Lipinski definition) is 4. The summed E-state index contributed by atoms with van der Waals surface area (Å²) in [6, 6.07) is 8.94. The van der Waals surface area contributed by atoms with Crippen molar-refractivity contribution < 1.29 is 14.7 Å². The number of carboxylic acid groups (broad SMARTS) is 1. The van der Waals surface area contributed by atoms with Gasteiger partial charge in [0.2, 0.25) is 5.91 Å². The molecule has 0 radical (unpaired) electrons. The molecule has 8 heteroatoms. The molecule has 0 spiro atoms. The summed E-state index contributed by atoms with van der Waals surface area (Å²) >= 11 is 0. The van der Waals surface area contributed by atoms with Gasteiger partial charge in [-0.25, -0.2) is 4.79 Å². The van der Waals surface area contributed by atoms with Gasteiger partial charge in [-0.15, -0.1) is 0 Å². The molecular formula is C20H23N5O3. The van der Waals surface area contributed by atoms with Gasteiger partial charge in [0, 0.05) is 6.20 Å². The number of carboxylic acids is 1. The van der Waals surface area contributed by atoms with Crippen LogP contribution in [0.25, 0.3) is 0 Å². The van der Waals surface area contributed by atoms with Gasteiger partial charge >= 0.3 is 5.97 Å². The maximum Gasteiger partial charge on any atom is 0.356 e. The summed E-state index contributed by atoms with van der Waals surface area (Å²) in [5, 5.41) is 20.3. The van der Waals surface area contributed by atoms with E-state index in [9.17, 15) is 9.59 Å². The predicted octanol–water partition coefficient (Wildman–Crippen LogP) is 2.95. The van der Waals surface area contributed by atoms with Crippen molar-refractivity contribution in [2.45, 2.75) is 40.3 Å². The Bertz CT molecular complexity index is 1020. The Morgan fingerprint density at radius 3 is 2.39 bits per heavy atom. The Balaban J connectivity index is 1.76. The van der Waals surface area contributed by atoms with E-state index in [2.05, 4.69) is 39.8 Å². The average molecular weight is 381 g/mol. The molecule has 1 unspecified atom stereocenters. The zero-order chi connectivity index (χ0) is 20.4.